The van der Waals surface area contributed by atoms with Gasteiger partial charge in [0.25, 0.3) is 5.91 Å². The molecule has 4 heteroatoms. The largest absolute Gasteiger partial charge is 0.383 e. The van der Waals surface area contributed by atoms with Crippen molar-refractivity contribution in [1.29, 1.82) is 0 Å². The number of carbonyl (C=O) groups excluding carboxylic acids is 1. The van der Waals surface area contributed by atoms with Crippen molar-refractivity contribution >= 4 is 5.91 Å². The molecular formula is C7H13NO3. The van der Waals surface area contributed by atoms with Gasteiger partial charge in [0.05, 0.1) is 6.61 Å². The fourth-order valence-electron chi connectivity index (χ4n) is 0.973. The molecule has 1 aliphatic heterocycles. The van der Waals surface area contributed by atoms with Gasteiger partial charge in [-0.25, -0.2) is 0 Å². The van der Waals surface area contributed by atoms with Crippen LogP contribution < -0.4 is 0 Å². The van der Waals surface area contributed by atoms with Crippen LogP contribution in [0.5, 0.6) is 0 Å². The van der Waals surface area contributed by atoms with Gasteiger partial charge in [-0.05, 0) is 6.42 Å². The lowest BCUT2D eigenvalue weighted by atomic mass is 10.2. The van der Waals surface area contributed by atoms with Crippen LogP contribution in [-0.4, -0.2) is 41.9 Å². The molecule has 1 rings (SSSR count). The van der Waals surface area contributed by atoms with Crippen molar-refractivity contribution in [2.45, 2.75) is 19.4 Å². The third-order valence-electron chi connectivity index (χ3n) is 1.74. The summed E-state index contributed by atoms with van der Waals surface area (Å²) in [5.41, 5.74) is 0. The molecule has 1 saturated heterocycles. The maximum atomic E-state index is 11.2. The van der Waals surface area contributed by atoms with Gasteiger partial charge in [0.2, 0.25) is 0 Å². The van der Waals surface area contributed by atoms with E-state index in [0.29, 0.717) is 26.3 Å². The van der Waals surface area contributed by atoms with Crippen LogP contribution in [0.3, 0.4) is 0 Å². The van der Waals surface area contributed by atoms with Crippen LogP contribution in [0.1, 0.15) is 13.3 Å². The number of ether oxygens (including phenoxy) is 1. The Morgan fingerprint density at radius 3 is 3.00 bits per heavy atom. The second kappa shape index (κ2) is 3.69. The van der Waals surface area contributed by atoms with Gasteiger partial charge in [-0.1, -0.05) is 6.92 Å². The van der Waals surface area contributed by atoms with Crippen LogP contribution >= 0.6 is 0 Å². The Hall–Kier alpha value is -0.610. The number of hydrogen-bond acceptors (Lipinski definition) is 3. The van der Waals surface area contributed by atoms with Crippen molar-refractivity contribution in [3.63, 3.8) is 0 Å². The molecule has 0 aliphatic carbocycles. The molecule has 0 radical (unpaired) electrons. The standard InChI is InChI=1S/C7H13NO3/c1-2-6(9)7(10)8-3-4-11-5-8/h6,9H,2-5H2,1H3. The van der Waals surface area contributed by atoms with Crippen molar-refractivity contribution in [2.75, 3.05) is 19.9 Å². The van der Waals surface area contributed by atoms with E-state index in [4.69, 9.17) is 9.84 Å². The van der Waals surface area contributed by atoms with Gasteiger partial charge in [0.1, 0.15) is 12.8 Å². The molecule has 0 aromatic carbocycles. The molecule has 11 heavy (non-hydrogen) atoms. The third kappa shape index (κ3) is 1.91. The van der Waals surface area contributed by atoms with Crippen LogP contribution in [0, 0.1) is 0 Å². The third-order valence-corrected chi connectivity index (χ3v) is 1.74. The average Bonchev–Trinajstić information content (AvgIpc) is 2.53. The van der Waals surface area contributed by atoms with Crippen LogP contribution in [0.25, 0.3) is 0 Å². The average molecular weight is 159 g/mol. The lowest BCUT2D eigenvalue weighted by Crippen LogP contribution is -2.37. The van der Waals surface area contributed by atoms with Gasteiger partial charge in [0.15, 0.2) is 0 Å². The Kier molecular flexibility index (Phi) is 2.84. The SMILES string of the molecule is CCC(O)C(=O)N1CCOC1. The first-order valence-corrected chi connectivity index (χ1v) is 3.80. The summed E-state index contributed by atoms with van der Waals surface area (Å²) in [4.78, 5) is 12.7. The minimum absolute atomic E-state index is 0.218. The number of aliphatic hydroxyl groups is 1. The summed E-state index contributed by atoms with van der Waals surface area (Å²) in [5, 5.41) is 9.14. The molecule has 0 bridgehead atoms. The number of hydrogen-bond donors (Lipinski definition) is 1. The Morgan fingerprint density at radius 2 is 2.55 bits per heavy atom. The van der Waals surface area contributed by atoms with Crippen LogP contribution in [0.15, 0.2) is 0 Å². The predicted octanol–water partition coefficient (Wildman–Crippen LogP) is -0.426. The van der Waals surface area contributed by atoms with Crippen molar-refractivity contribution in [2.24, 2.45) is 0 Å². The molecule has 4 nitrogen and oxygen atoms in total. The number of aliphatic hydroxyl groups excluding tert-OH is 1. The first-order valence-electron chi connectivity index (χ1n) is 3.80. The molecule has 1 aliphatic rings. The zero-order valence-electron chi connectivity index (χ0n) is 6.62. The smallest absolute Gasteiger partial charge is 0.253 e. The molecule has 1 unspecified atom stereocenters. The number of amides is 1. The second-order valence-electron chi connectivity index (χ2n) is 2.56. The summed E-state index contributed by atoms with van der Waals surface area (Å²) in [6, 6.07) is 0. The zero-order chi connectivity index (χ0) is 8.27. The molecule has 1 N–H and O–H groups in total. The van der Waals surface area contributed by atoms with Crippen molar-refractivity contribution in [3.8, 4) is 0 Å². The zero-order valence-corrected chi connectivity index (χ0v) is 6.62. The summed E-state index contributed by atoms with van der Waals surface area (Å²) in [5.74, 6) is -0.218. The number of rotatable bonds is 2. The van der Waals surface area contributed by atoms with E-state index in [1.165, 1.54) is 4.90 Å². The van der Waals surface area contributed by atoms with Gasteiger partial charge in [-0.15, -0.1) is 0 Å². The van der Waals surface area contributed by atoms with Gasteiger partial charge >= 0.3 is 0 Å². The molecule has 0 aromatic rings. The highest BCUT2D eigenvalue weighted by Gasteiger charge is 2.23. The summed E-state index contributed by atoms with van der Waals surface area (Å²) in [6.45, 7) is 3.30. The van der Waals surface area contributed by atoms with E-state index in [1.807, 2.05) is 0 Å². The summed E-state index contributed by atoms with van der Waals surface area (Å²) in [7, 11) is 0. The second-order valence-corrected chi connectivity index (χ2v) is 2.56. The number of nitrogens with zero attached hydrogens (tertiary/aromatic N) is 1. The van der Waals surface area contributed by atoms with E-state index < -0.39 is 6.10 Å². The first-order chi connectivity index (χ1) is 5.25. The monoisotopic (exact) mass is 159 g/mol. The van der Waals surface area contributed by atoms with E-state index >= 15 is 0 Å². The van der Waals surface area contributed by atoms with Crippen molar-refractivity contribution < 1.29 is 14.6 Å². The molecule has 1 amide bonds. The normalized spacial score (nSPS) is 20.4. The highest BCUT2D eigenvalue weighted by molar-refractivity contribution is 5.80. The van der Waals surface area contributed by atoms with Crippen LogP contribution in [0.2, 0.25) is 0 Å². The minimum Gasteiger partial charge on any atom is -0.383 e. The quantitative estimate of drug-likeness (QED) is 0.595. The Bertz CT molecular complexity index is 143. The molecule has 0 aromatic heterocycles. The van der Waals surface area contributed by atoms with E-state index in [1.54, 1.807) is 6.92 Å². The van der Waals surface area contributed by atoms with Gasteiger partial charge in [-0.3, -0.25) is 4.79 Å². The van der Waals surface area contributed by atoms with E-state index in [9.17, 15) is 4.79 Å². The van der Waals surface area contributed by atoms with Gasteiger partial charge in [0, 0.05) is 6.54 Å². The molecule has 1 heterocycles. The molecule has 64 valence electrons. The molecular weight excluding hydrogens is 146 g/mol. The lowest BCUT2D eigenvalue weighted by Gasteiger charge is -2.16. The minimum atomic E-state index is -0.850. The summed E-state index contributed by atoms with van der Waals surface area (Å²) >= 11 is 0. The number of carbonyl (C=O) groups is 1. The molecule has 0 spiro atoms. The van der Waals surface area contributed by atoms with Crippen LogP contribution in [0.4, 0.5) is 0 Å². The fraction of sp³-hybridized carbons (Fsp3) is 0.857. The highest BCUT2D eigenvalue weighted by atomic mass is 16.5. The molecule has 1 fully saturated rings. The Labute approximate surface area is 65.8 Å². The van der Waals surface area contributed by atoms with E-state index in [2.05, 4.69) is 0 Å². The van der Waals surface area contributed by atoms with Crippen molar-refractivity contribution in [3.05, 3.63) is 0 Å². The van der Waals surface area contributed by atoms with E-state index in [-0.39, 0.29) is 5.91 Å². The predicted molar refractivity (Wildman–Crippen MR) is 38.8 cm³/mol. The molecule has 0 saturated carbocycles. The topological polar surface area (TPSA) is 49.8 Å². The Balaban J connectivity index is 2.39. The highest BCUT2D eigenvalue weighted by Crippen LogP contribution is 2.03. The maximum absolute atomic E-state index is 11.2. The lowest BCUT2D eigenvalue weighted by molar-refractivity contribution is -0.140. The fourth-order valence-corrected chi connectivity index (χ4v) is 0.973. The van der Waals surface area contributed by atoms with Crippen LogP contribution in [-0.2, 0) is 9.53 Å². The van der Waals surface area contributed by atoms with Gasteiger partial charge < -0.3 is 14.7 Å². The van der Waals surface area contributed by atoms with Crippen molar-refractivity contribution in [1.82, 2.24) is 4.90 Å². The summed E-state index contributed by atoms with van der Waals surface area (Å²) in [6.07, 6.45) is -0.383. The maximum Gasteiger partial charge on any atom is 0.253 e. The first kappa shape index (κ1) is 8.49. The molecule has 1 atom stereocenters. The van der Waals surface area contributed by atoms with E-state index in [0.717, 1.165) is 0 Å². The summed E-state index contributed by atoms with van der Waals surface area (Å²) < 4.78 is 4.97. The van der Waals surface area contributed by atoms with Gasteiger partial charge in [-0.2, -0.15) is 0 Å². The Morgan fingerprint density at radius 1 is 1.82 bits per heavy atom.